The zero-order valence-corrected chi connectivity index (χ0v) is 14.8. The van der Waals surface area contributed by atoms with Crippen LogP contribution in [0.1, 0.15) is 24.0 Å². The van der Waals surface area contributed by atoms with Gasteiger partial charge >= 0.3 is 0 Å². The highest BCUT2D eigenvalue weighted by atomic mass is 16.6. The van der Waals surface area contributed by atoms with Gasteiger partial charge in [0.25, 0.3) is 0 Å². The van der Waals surface area contributed by atoms with Crippen LogP contribution in [0.2, 0.25) is 0 Å². The molecule has 0 aromatic heterocycles. The molecule has 1 N–H and O–H groups in total. The third kappa shape index (κ3) is 6.96. The molecule has 2 aromatic carbocycles. The minimum absolute atomic E-state index is 0.0126. The Kier molecular flexibility index (Phi) is 9.23. The molecule has 0 aliphatic carbocycles. The van der Waals surface area contributed by atoms with Crippen molar-refractivity contribution in [1.82, 2.24) is 0 Å². The summed E-state index contributed by atoms with van der Waals surface area (Å²) in [6, 6.07) is 20.5. The fourth-order valence-electron chi connectivity index (χ4n) is 2.80. The number of hydrogen-bond donors (Lipinski definition) is 1. The standard InChI is InChI=1S/C20H24O3.CH4O/c1-3-8-17(9-4-1)14-21-16-20(19-12-7-13-22-19)23-15-18-10-5-2-6-11-18;1-2/h1-6,8-11,19-20H,7,12-16H2;2H,1H3. The van der Waals surface area contributed by atoms with Crippen molar-refractivity contribution in [1.29, 1.82) is 0 Å². The fourth-order valence-corrected chi connectivity index (χ4v) is 2.80. The quantitative estimate of drug-likeness (QED) is 0.795. The molecule has 3 rings (SSSR count). The van der Waals surface area contributed by atoms with Crippen molar-refractivity contribution >= 4 is 0 Å². The van der Waals surface area contributed by atoms with Gasteiger partial charge in [-0.05, 0) is 24.0 Å². The molecule has 1 heterocycles. The SMILES string of the molecule is CO.c1ccc(COCC(OCc2ccccc2)C2CCCO2)cc1. The van der Waals surface area contributed by atoms with E-state index in [-0.39, 0.29) is 12.2 Å². The minimum Gasteiger partial charge on any atom is -0.400 e. The van der Waals surface area contributed by atoms with Crippen LogP contribution in [0.3, 0.4) is 0 Å². The van der Waals surface area contributed by atoms with Crippen LogP contribution in [0.15, 0.2) is 60.7 Å². The first-order valence-corrected chi connectivity index (χ1v) is 8.75. The van der Waals surface area contributed by atoms with Crippen molar-refractivity contribution in [2.45, 2.75) is 38.3 Å². The van der Waals surface area contributed by atoms with Crippen LogP contribution >= 0.6 is 0 Å². The molecule has 0 bridgehead atoms. The van der Waals surface area contributed by atoms with Crippen molar-refractivity contribution in [3.05, 3.63) is 71.8 Å². The molecule has 2 atom stereocenters. The molecular formula is C21H28O4. The van der Waals surface area contributed by atoms with Crippen LogP contribution in [0, 0.1) is 0 Å². The van der Waals surface area contributed by atoms with Gasteiger partial charge in [-0.3, -0.25) is 0 Å². The second kappa shape index (κ2) is 11.8. The summed E-state index contributed by atoms with van der Waals surface area (Å²) < 4.78 is 17.8. The zero-order valence-electron chi connectivity index (χ0n) is 14.8. The van der Waals surface area contributed by atoms with Gasteiger partial charge in [0.15, 0.2) is 0 Å². The largest absolute Gasteiger partial charge is 0.400 e. The average molecular weight is 344 g/mol. The number of ether oxygens (including phenoxy) is 3. The summed E-state index contributed by atoms with van der Waals surface area (Å²) >= 11 is 0. The van der Waals surface area contributed by atoms with Gasteiger partial charge in [-0.15, -0.1) is 0 Å². The Morgan fingerprint density at radius 1 is 0.960 bits per heavy atom. The van der Waals surface area contributed by atoms with Crippen LogP contribution in [-0.2, 0) is 27.4 Å². The molecule has 0 amide bonds. The first kappa shape index (κ1) is 19.6. The van der Waals surface area contributed by atoms with Gasteiger partial charge in [0.1, 0.15) is 6.10 Å². The number of hydrogen-bond acceptors (Lipinski definition) is 4. The van der Waals surface area contributed by atoms with Crippen molar-refractivity contribution in [2.24, 2.45) is 0 Å². The molecule has 0 radical (unpaired) electrons. The number of rotatable bonds is 8. The molecular weight excluding hydrogens is 316 g/mol. The molecule has 2 unspecified atom stereocenters. The van der Waals surface area contributed by atoms with E-state index in [0.29, 0.717) is 19.8 Å². The van der Waals surface area contributed by atoms with Gasteiger partial charge in [-0.25, -0.2) is 0 Å². The lowest BCUT2D eigenvalue weighted by Crippen LogP contribution is -2.33. The summed E-state index contributed by atoms with van der Waals surface area (Å²) in [6.45, 7) is 2.60. The van der Waals surface area contributed by atoms with Crippen molar-refractivity contribution in [3.8, 4) is 0 Å². The van der Waals surface area contributed by atoms with Crippen LogP contribution in [0.4, 0.5) is 0 Å². The van der Waals surface area contributed by atoms with E-state index in [4.69, 9.17) is 19.3 Å². The summed E-state index contributed by atoms with van der Waals surface area (Å²) in [5.74, 6) is 0. The molecule has 136 valence electrons. The molecule has 2 aromatic rings. The van der Waals surface area contributed by atoms with Crippen LogP contribution < -0.4 is 0 Å². The van der Waals surface area contributed by atoms with Gasteiger partial charge in [0.2, 0.25) is 0 Å². The average Bonchev–Trinajstić information content (AvgIpc) is 3.22. The van der Waals surface area contributed by atoms with E-state index in [1.54, 1.807) is 0 Å². The number of aliphatic hydroxyl groups excluding tert-OH is 1. The zero-order chi connectivity index (χ0) is 17.7. The highest BCUT2D eigenvalue weighted by Crippen LogP contribution is 2.20. The normalized spacial score (nSPS) is 17.6. The van der Waals surface area contributed by atoms with E-state index in [2.05, 4.69) is 24.3 Å². The predicted molar refractivity (Wildman–Crippen MR) is 98.2 cm³/mol. The molecule has 0 spiro atoms. The summed E-state index contributed by atoms with van der Waals surface area (Å²) in [4.78, 5) is 0. The number of benzene rings is 2. The first-order valence-electron chi connectivity index (χ1n) is 8.75. The first-order chi connectivity index (χ1) is 12.4. The van der Waals surface area contributed by atoms with Gasteiger partial charge in [-0.1, -0.05) is 60.7 Å². The van der Waals surface area contributed by atoms with E-state index in [1.165, 1.54) is 11.1 Å². The lowest BCUT2D eigenvalue weighted by Gasteiger charge is -2.23. The molecule has 0 saturated carbocycles. The van der Waals surface area contributed by atoms with Crippen molar-refractivity contribution in [2.75, 3.05) is 20.3 Å². The molecule has 25 heavy (non-hydrogen) atoms. The minimum atomic E-state index is -0.0126. The lowest BCUT2D eigenvalue weighted by molar-refractivity contribution is -0.0950. The highest BCUT2D eigenvalue weighted by Gasteiger charge is 2.27. The van der Waals surface area contributed by atoms with Crippen molar-refractivity contribution < 1.29 is 19.3 Å². The Balaban J connectivity index is 0.00000109. The molecule has 1 fully saturated rings. The Morgan fingerprint density at radius 2 is 1.56 bits per heavy atom. The van der Waals surface area contributed by atoms with Crippen LogP contribution in [0.5, 0.6) is 0 Å². The molecule has 1 aliphatic heterocycles. The van der Waals surface area contributed by atoms with Crippen LogP contribution in [-0.4, -0.2) is 37.6 Å². The topological polar surface area (TPSA) is 47.9 Å². The monoisotopic (exact) mass is 344 g/mol. The Morgan fingerprint density at radius 3 is 2.12 bits per heavy atom. The maximum atomic E-state index is 7.00. The maximum Gasteiger partial charge on any atom is 0.107 e. The highest BCUT2D eigenvalue weighted by molar-refractivity contribution is 5.14. The fraction of sp³-hybridized carbons (Fsp3) is 0.429. The molecule has 4 nitrogen and oxygen atoms in total. The van der Waals surface area contributed by atoms with E-state index < -0.39 is 0 Å². The molecule has 4 heteroatoms. The summed E-state index contributed by atoms with van der Waals surface area (Å²) in [6.07, 6.45) is 2.29. The van der Waals surface area contributed by atoms with Crippen LogP contribution in [0.25, 0.3) is 0 Å². The van der Waals surface area contributed by atoms with E-state index in [1.807, 2.05) is 36.4 Å². The third-order valence-corrected chi connectivity index (χ3v) is 4.08. The van der Waals surface area contributed by atoms with Crippen molar-refractivity contribution in [3.63, 3.8) is 0 Å². The predicted octanol–water partition coefficient (Wildman–Crippen LogP) is 3.58. The maximum absolute atomic E-state index is 7.00. The van der Waals surface area contributed by atoms with Gasteiger partial charge in [0, 0.05) is 13.7 Å². The lowest BCUT2D eigenvalue weighted by atomic mass is 10.1. The number of aliphatic hydroxyl groups is 1. The summed E-state index contributed by atoms with van der Waals surface area (Å²) in [5.41, 5.74) is 2.36. The Bertz CT molecular complexity index is 553. The summed E-state index contributed by atoms with van der Waals surface area (Å²) in [7, 11) is 1.00. The Labute approximate surface area is 150 Å². The summed E-state index contributed by atoms with van der Waals surface area (Å²) in [5, 5.41) is 7.00. The second-order valence-corrected chi connectivity index (χ2v) is 5.89. The second-order valence-electron chi connectivity index (χ2n) is 5.89. The Hall–Kier alpha value is -1.72. The van der Waals surface area contributed by atoms with E-state index in [9.17, 15) is 0 Å². The van der Waals surface area contributed by atoms with Gasteiger partial charge < -0.3 is 19.3 Å². The van der Waals surface area contributed by atoms with E-state index >= 15 is 0 Å². The smallest absolute Gasteiger partial charge is 0.107 e. The van der Waals surface area contributed by atoms with Gasteiger partial charge in [-0.2, -0.15) is 0 Å². The third-order valence-electron chi connectivity index (χ3n) is 4.08. The van der Waals surface area contributed by atoms with E-state index in [0.717, 1.165) is 26.6 Å². The molecule has 1 saturated heterocycles. The molecule has 1 aliphatic rings. The van der Waals surface area contributed by atoms with Gasteiger partial charge in [0.05, 0.1) is 25.9 Å².